The van der Waals surface area contributed by atoms with Gasteiger partial charge in [-0.05, 0) is 21.9 Å². The summed E-state index contributed by atoms with van der Waals surface area (Å²) in [6.45, 7) is 0.587. The van der Waals surface area contributed by atoms with Crippen LogP contribution in [0.3, 0.4) is 0 Å². The normalized spacial score (nSPS) is 10.7. The highest BCUT2D eigenvalue weighted by molar-refractivity contribution is 7.98. The molecule has 0 aromatic heterocycles. The van der Waals surface area contributed by atoms with Gasteiger partial charge in [0, 0.05) is 24.5 Å². The van der Waals surface area contributed by atoms with E-state index in [1.165, 1.54) is 21.9 Å². The number of thioether (sulfide) groups is 1. The SMILES string of the molecule is O=C(CCSCc1ccccc1)NCc1cccc2ccccc12. The van der Waals surface area contributed by atoms with Gasteiger partial charge in [-0.2, -0.15) is 11.8 Å². The highest BCUT2D eigenvalue weighted by Gasteiger charge is 2.04. The fraction of sp³-hybridized carbons (Fsp3) is 0.190. The smallest absolute Gasteiger partial charge is 0.221 e. The van der Waals surface area contributed by atoms with Crippen LogP contribution in [0.15, 0.2) is 72.8 Å². The summed E-state index contributed by atoms with van der Waals surface area (Å²) in [4.78, 5) is 12.0. The maximum atomic E-state index is 12.0. The van der Waals surface area contributed by atoms with Gasteiger partial charge in [0.1, 0.15) is 0 Å². The van der Waals surface area contributed by atoms with Crippen molar-refractivity contribution in [3.63, 3.8) is 0 Å². The van der Waals surface area contributed by atoms with Gasteiger partial charge in [-0.25, -0.2) is 0 Å². The Labute approximate surface area is 147 Å². The molecule has 3 aromatic rings. The summed E-state index contributed by atoms with van der Waals surface area (Å²) in [5, 5.41) is 5.46. The lowest BCUT2D eigenvalue weighted by Crippen LogP contribution is -2.23. The van der Waals surface area contributed by atoms with E-state index in [9.17, 15) is 4.79 Å². The number of nitrogens with one attached hydrogen (secondary N) is 1. The van der Waals surface area contributed by atoms with Crippen molar-refractivity contribution in [2.75, 3.05) is 5.75 Å². The fourth-order valence-electron chi connectivity index (χ4n) is 2.66. The molecule has 0 aliphatic carbocycles. The second-order valence-corrected chi connectivity index (χ2v) is 6.81. The Bertz CT molecular complexity index is 796. The molecule has 0 atom stereocenters. The summed E-state index contributed by atoms with van der Waals surface area (Å²) < 4.78 is 0. The van der Waals surface area contributed by atoms with Crippen molar-refractivity contribution in [1.82, 2.24) is 5.32 Å². The van der Waals surface area contributed by atoms with E-state index >= 15 is 0 Å². The van der Waals surface area contributed by atoms with Crippen LogP contribution in [0.25, 0.3) is 10.8 Å². The molecule has 0 unspecified atom stereocenters. The van der Waals surface area contributed by atoms with E-state index in [1.54, 1.807) is 11.8 Å². The first-order valence-corrected chi connectivity index (χ1v) is 9.33. The van der Waals surface area contributed by atoms with Crippen molar-refractivity contribution >= 4 is 28.4 Å². The average Bonchev–Trinajstić information content (AvgIpc) is 2.64. The van der Waals surface area contributed by atoms with Crippen molar-refractivity contribution in [3.05, 3.63) is 83.9 Å². The molecule has 0 fully saturated rings. The van der Waals surface area contributed by atoms with Crippen LogP contribution in [0.4, 0.5) is 0 Å². The lowest BCUT2D eigenvalue weighted by molar-refractivity contribution is -0.120. The number of benzene rings is 3. The molecule has 0 spiro atoms. The van der Waals surface area contributed by atoms with Crippen LogP contribution in [0.2, 0.25) is 0 Å². The highest BCUT2D eigenvalue weighted by atomic mass is 32.2. The Morgan fingerprint density at radius 3 is 2.50 bits per heavy atom. The number of carbonyl (C=O) groups excluding carboxylic acids is 1. The first kappa shape index (κ1) is 16.6. The molecule has 0 saturated heterocycles. The predicted molar refractivity (Wildman–Crippen MR) is 103 cm³/mol. The number of rotatable bonds is 7. The van der Waals surface area contributed by atoms with Crippen molar-refractivity contribution in [2.24, 2.45) is 0 Å². The lowest BCUT2D eigenvalue weighted by Gasteiger charge is -2.08. The second-order valence-electron chi connectivity index (χ2n) is 5.70. The Morgan fingerprint density at radius 1 is 0.875 bits per heavy atom. The van der Waals surface area contributed by atoms with E-state index in [-0.39, 0.29) is 5.91 Å². The average molecular weight is 335 g/mol. The molecule has 1 amide bonds. The molecule has 0 aliphatic heterocycles. The van der Waals surface area contributed by atoms with Crippen LogP contribution in [0.5, 0.6) is 0 Å². The van der Waals surface area contributed by atoms with Gasteiger partial charge in [-0.1, -0.05) is 72.8 Å². The number of fused-ring (bicyclic) bond motifs is 1. The Kier molecular flexibility index (Phi) is 5.91. The van der Waals surface area contributed by atoms with Crippen molar-refractivity contribution in [2.45, 2.75) is 18.7 Å². The summed E-state index contributed by atoms with van der Waals surface area (Å²) in [5.74, 6) is 1.91. The number of carbonyl (C=O) groups is 1. The molecule has 1 N–H and O–H groups in total. The zero-order valence-corrected chi connectivity index (χ0v) is 14.4. The molecule has 0 heterocycles. The molecular weight excluding hydrogens is 314 g/mol. The molecule has 3 heteroatoms. The minimum Gasteiger partial charge on any atom is -0.352 e. The third-order valence-electron chi connectivity index (χ3n) is 3.94. The van der Waals surface area contributed by atoms with Gasteiger partial charge in [-0.3, -0.25) is 4.79 Å². The largest absolute Gasteiger partial charge is 0.352 e. The van der Waals surface area contributed by atoms with Gasteiger partial charge in [0.15, 0.2) is 0 Å². The van der Waals surface area contributed by atoms with E-state index < -0.39 is 0 Å². The quantitative estimate of drug-likeness (QED) is 0.630. The molecule has 0 radical (unpaired) electrons. The van der Waals surface area contributed by atoms with Crippen LogP contribution < -0.4 is 5.32 Å². The van der Waals surface area contributed by atoms with Crippen LogP contribution in [-0.2, 0) is 17.1 Å². The topological polar surface area (TPSA) is 29.1 Å². The second kappa shape index (κ2) is 8.55. The zero-order chi connectivity index (χ0) is 16.6. The summed E-state index contributed by atoms with van der Waals surface area (Å²) >= 11 is 1.80. The third kappa shape index (κ3) is 4.62. The molecule has 0 saturated carbocycles. The Balaban J connectivity index is 1.44. The standard InChI is InChI=1S/C21H21NOS/c23-21(13-14-24-16-17-7-2-1-3-8-17)22-15-19-11-6-10-18-9-4-5-12-20(18)19/h1-12H,13-16H2,(H,22,23). The number of hydrogen-bond acceptors (Lipinski definition) is 2. The minimum absolute atomic E-state index is 0.114. The number of hydrogen-bond donors (Lipinski definition) is 1. The molecule has 3 aromatic carbocycles. The molecule has 0 aliphatic rings. The molecule has 2 nitrogen and oxygen atoms in total. The highest BCUT2D eigenvalue weighted by Crippen LogP contribution is 2.18. The van der Waals surface area contributed by atoms with Crippen LogP contribution in [0.1, 0.15) is 17.5 Å². The lowest BCUT2D eigenvalue weighted by atomic mass is 10.0. The van der Waals surface area contributed by atoms with Crippen molar-refractivity contribution in [3.8, 4) is 0 Å². The van der Waals surface area contributed by atoms with Crippen LogP contribution in [-0.4, -0.2) is 11.7 Å². The Morgan fingerprint density at radius 2 is 1.62 bits per heavy atom. The molecule has 3 rings (SSSR count). The van der Waals surface area contributed by atoms with Crippen LogP contribution in [0, 0.1) is 0 Å². The van der Waals surface area contributed by atoms with Gasteiger partial charge in [0.2, 0.25) is 5.91 Å². The molecule has 0 bridgehead atoms. The van der Waals surface area contributed by atoms with E-state index in [1.807, 2.05) is 36.4 Å². The van der Waals surface area contributed by atoms with Gasteiger partial charge in [0.25, 0.3) is 0 Å². The van der Waals surface area contributed by atoms with E-state index in [0.29, 0.717) is 13.0 Å². The first-order valence-electron chi connectivity index (χ1n) is 8.18. The predicted octanol–water partition coefficient (Wildman–Crippen LogP) is 4.78. The first-order chi connectivity index (χ1) is 11.8. The van der Waals surface area contributed by atoms with Crippen molar-refractivity contribution < 1.29 is 4.79 Å². The van der Waals surface area contributed by atoms with Gasteiger partial charge >= 0.3 is 0 Å². The maximum Gasteiger partial charge on any atom is 0.221 e. The molecule has 122 valence electrons. The van der Waals surface area contributed by atoms with Gasteiger partial charge < -0.3 is 5.32 Å². The summed E-state index contributed by atoms with van der Waals surface area (Å²) in [7, 11) is 0. The Hall–Kier alpha value is -2.26. The minimum atomic E-state index is 0.114. The van der Waals surface area contributed by atoms with E-state index in [0.717, 1.165) is 11.5 Å². The summed E-state index contributed by atoms with van der Waals surface area (Å²) in [6, 6.07) is 24.8. The summed E-state index contributed by atoms with van der Waals surface area (Å²) in [5.41, 5.74) is 2.47. The monoisotopic (exact) mass is 335 g/mol. The van der Waals surface area contributed by atoms with E-state index in [4.69, 9.17) is 0 Å². The van der Waals surface area contributed by atoms with Gasteiger partial charge in [0.05, 0.1) is 0 Å². The molecule has 24 heavy (non-hydrogen) atoms. The number of amides is 1. The fourth-order valence-corrected chi connectivity index (χ4v) is 3.56. The van der Waals surface area contributed by atoms with E-state index in [2.05, 4.69) is 41.7 Å². The van der Waals surface area contributed by atoms with Crippen LogP contribution >= 0.6 is 11.8 Å². The maximum absolute atomic E-state index is 12.0. The summed E-state index contributed by atoms with van der Waals surface area (Å²) in [6.07, 6.45) is 0.558. The zero-order valence-electron chi connectivity index (χ0n) is 13.6. The molecular formula is C21H21NOS. The van der Waals surface area contributed by atoms with Crippen molar-refractivity contribution in [1.29, 1.82) is 0 Å². The van der Waals surface area contributed by atoms with Gasteiger partial charge in [-0.15, -0.1) is 0 Å². The third-order valence-corrected chi connectivity index (χ3v) is 4.97.